The third-order valence-corrected chi connectivity index (χ3v) is 7.24. The van der Waals surface area contributed by atoms with Crippen LogP contribution in [0.4, 0.5) is 0 Å². The second kappa shape index (κ2) is 6.03. The summed E-state index contributed by atoms with van der Waals surface area (Å²) in [6.45, 7) is 0.218. The van der Waals surface area contributed by atoms with E-state index in [-0.39, 0.29) is 42.8 Å². The van der Waals surface area contributed by atoms with E-state index in [4.69, 9.17) is 18.9 Å². The van der Waals surface area contributed by atoms with Crippen LogP contribution in [0.25, 0.3) is 0 Å². The molecule has 4 atom stereocenters. The molecule has 1 aromatic rings. The molecule has 1 aromatic carbocycles. The second-order valence-electron chi connectivity index (χ2n) is 9.29. The van der Waals surface area contributed by atoms with Crippen LogP contribution in [0, 0.1) is 17.8 Å². The molecule has 1 unspecified atom stereocenters. The zero-order valence-corrected chi connectivity index (χ0v) is 15.4. The first-order chi connectivity index (χ1) is 13.2. The summed E-state index contributed by atoms with van der Waals surface area (Å²) in [6, 6.07) is 9.06. The van der Waals surface area contributed by atoms with Gasteiger partial charge in [0.15, 0.2) is 6.29 Å². The highest BCUT2D eigenvalue weighted by Crippen LogP contribution is 2.58. The fraction of sp³-hybridized carbons (Fsp3) is 0.682. The summed E-state index contributed by atoms with van der Waals surface area (Å²) in [7, 11) is 0. The van der Waals surface area contributed by atoms with Gasteiger partial charge in [-0.1, -0.05) is 18.2 Å². The predicted molar refractivity (Wildman–Crippen MR) is 96.0 cm³/mol. The Balaban J connectivity index is 1.07. The summed E-state index contributed by atoms with van der Waals surface area (Å²) < 4.78 is 24.0. The van der Waals surface area contributed by atoms with Gasteiger partial charge in [0.05, 0.1) is 11.2 Å². The Hall–Kier alpha value is -1.43. The number of hydrogen-bond donors (Lipinski definition) is 0. The van der Waals surface area contributed by atoms with Crippen molar-refractivity contribution >= 4 is 5.97 Å². The van der Waals surface area contributed by atoms with Gasteiger partial charge in [-0.2, -0.15) is 0 Å². The quantitative estimate of drug-likeness (QED) is 0.588. The number of esters is 1. The van der Waals surface area contributed by atoms with Crippen LogP contribution in [0.5, 0.6) is 0 Å². The van der Waals surface area contributed by atoms with Gasteiger partial charge in [0.1, 0.15) is 24.9 Å². The molecule has 0 amide bonds. The lowest BCUT2D eigenvalue weighted by atomic mass is 9.54. The van der Waals surface area contributed by atoms with Crippen molar-refractivity contribution in [3.8, 4) is 0 Å². The highest BCUT2D eigenvalue weighted by Gasteiger charge is 2.62. The maximum absolute atomic E-state index is 12.2. The predicted octanol–water partition coefficient (Wildman–Crippen LogP) is 3.32. The van der Waals surface area contributed by atoms with Crippen molar-refractivity contribution in [3.05, 3.63) is 35.9 Å². The highest BCUT2D eigenvalue weighted by atomic mass is 16.8. The summed E-state index contributed by atoms with van der Waals surface area (Å²) >= 11 is 0. The average molecular weight is 370 g/mol. The number of carbonyl (C=O) groups is 1. The fourth-order valence-corrected chi connectivity index (χ4v) is 6.45. The van der Waals surface area contributed by atoms with Crippen molar-refractivity contribution in [2.24, 2.45) is 17.8 Å². The molecule has 5 nitrogen and oxygen atoms in total. The molecule has 6 fully saturated rings. The molecule has 5 heteroatoms. The van der Waals surface area contributed by atoms with E-state index in [2.05, 4.69) is 0 Å². The molecule has 4 saturated carbocycles. The van der Waals surface area contributed by atoms with Gasteiger partial charge in [0.25, 0.3) is 0 Å². The van der Waals surface area contributed by atoms with Crippen LogP contribution in [-0.2, 0) is 18.9 Å². The maximum atomic E-state index is 12.2. The lowest BCUT2D eigenvalue weighted by Gasteiger charge is -2.56. The molecular weight excluding hydrogens is 344 g/mol. The van der Waals surface area contributed by atoms with Gasteiger partial charge >= 0.3 is 5.97 Å². The minimum Gasteiger partial charge on any atom is -0.459 e. The Kier molecular flexibility index (Phi) is 3.69. The van der Waals surface area contributed by atoms with Crippen LogP contribution < -0.4 is 0 Å². The van der Waals surface area contributed by atoms with Gasteiger partial charge in [-0.05, 0) is 68.4 Å². The number of hydrogen-bond acceptors (Lipinski definition) is 5. The zero-order valence-electron chi connectivity index (χ0n) is 15.4. The lowest BCUT2D eigenvalue weighted by Crippen LogP contribution is -2.54. The average Bonchev–Trinajstić information content (AvgIpc) is 3.38. The van der Waals surface area contributed by atoms with E-state index in [0.717, 1.165) is 17.8 Å². The summed E-state index contributed by atoms with van der Waals surface area (Å²) in [4.78, 5) is 12.2. The Labute approximate surface area is 159 Å². The molecule has 0 radical (unpaired) electrons. The Morgan fingerprint density at radius 2 is 1.63 bits per heavy atom. The molecule has 0 spiro atoms. The molecule has 7 rings (SSSR count). The van der Waals surface area contributed by atoms with Crippen LogP contribution in [0.2, 0.25) is 0 Å². The van der Waals surface area contributed by atoms with Crippen LogP contribution in [0.3, 0.4) is 0 Å². The molecule has 144 valence electrons. The summed E-state index contributed by atoms with van der Waals surface area (Å²) in [5.41, 5.74) is 0.566. The van der Waals surface area contributed by atoms with E-state index >= 15 is 0 Å². The Bertz CT molecular complexity index is 696. The van der Waals surface area contributed by atoms with E-state index in [9.17, 15) is 4.79 Å². The minimum atomic E-state index is -0.318. The third kappa shape index (κ3) is 2.91. The van der Waals surface area contributed by atoms with E-state index in [0.29, 0.717) is 5.56 Å². The molecule has 4 bridgehead atoms. The van der Waals surface area contributed by atoms with Crippen LogP contribution in [-0.4, -0.2) is 42.8 Å². The highest BCUT2D eigenvalue weighted by molar-refractivity contribution is 5.89. The smallest absolute Gasteiger partial charge is 0.338 e. The Morgan fingerprint density at radius 1 is 0.963 bits per heavy atom. The number of benzene rings is 1. The summed E-state index contributed by atoms with van der Waals surface area (Å²) in [6.07, 6.45) is 7.25. The first kappa shape index (κ1) is 16.5. The zero-order chi connectivity index (χ0) is 18.0. The van der Waals surface area contributed by atoms with E-state index in [1.54, 1.807) is 12.1 Å². The molecule has 2 aliphatic heterocycles. The topological polar surface area (TPSA) is 57.3 Å². The number of carbonyl (C=O) groups excluding carboxylic acids is 1. The monoisotopic (exact) mass is 370 g/mol. The largest absolute Gasteiger partial charge is 0.459 e. The normalized spacial score (nSPS) is 46.3. The number of ether oxygens (including phenoxy) is 4. The first-order valence-electron chi connectivity index (χ1n) is 10.4. The van der Waals surface area contributed by atoms with Crippen LogP contribution >= 0.6 is 0 Å². The first-order valence-corrected chi connectivity index (χ1v) is 10.4. The summed E-state index contributed by atoms with van der Waals surface area (Å²) in [5, 5.41) is 0. The van der Waals surface area contributed by atoms with Crippen molar-refractivity contribution in [1.29, 1.82) is 0 Å². The van der Waals surface area contributed by atoms with Gasteiger partial charge in [0, 0.05) is 0 Å². The molecule has 2 saturated heterocycles. The fourth-order valence-electron chi connectivity index (χ4n) is 6.45. The minimum absolute atomic E-state index is 0.00548. The van der Waals surface area contributed by atoms with Crippen molar-refractivity contribution in [3.63, 3.8) is 0 Å². The molecule has 0 aromatic heterocycles. The molecule has 2 heterocycles. The summed E-state index contributed by atoms with van der Waals surface area (Å²) in [5.74, 6) is 2.21. The second-order valence-corrected chi connectivity index (χ2v) is 9.29. The van der Waals surface area contributed by atoms with Crippen molar-refractivity contribution in [2.75, 3.05) is 6.61 Å². The van der Waals surface area contributed by atoms with Gasteiger partial charge in [0.2, 0.25) is 0 Å². The van der Waals surface area contributed by atoms with Crippen molar-refractivity contribution < 1.29 is 23.7 Å². The molecule has 0 N–H and O–H groups in total. The van der Waals surface area contributed by atoms with Crippen LogP contribution in [0.15, 0.2) is 30.3 Å². The molecule has 4 aliphatic carbocycles. The van der Waals surface area contributed by atoms with Crippen molar-refractivity contribution in [2.45, 2.75) is 68.7 Å². The van der Waals surface area contributed by atoms with Gasteiger partial charge < -0.3 is 18.9 Å². The maximum Gasteiger partial charge on any atom is 0.338 e. The number of epoxide rings is 1. The number of rotatable bonds is 5. The van der Waals surface area contributed by atoms with Crippen molar-refractivity contribution in [1.82, 2.24) is 0 Å². The van der Waals surface area contributed by atoms with Crippen LogP contribution in [0.1, 0.15) is 48.9 Å². The molecular formula is C22H26O5. The van der Waals surface area contributed by atoms with Gasteiger partial charge in [-0.25, -0.2) is 4.79 Å². The SMILES string of the molecule is O=C(OC[C@H]1OC(OC23CC4CC(CC(C4)C2)C3)[C@@H]2O[C@H]12)c1ccccc1. The van der Waals surface area contributed by atoms with E-state index in [1.165, 1.54) is 38.5 Å². The molecule has 27 heavy (non-hydrogen) atoms. The van der Waals surface area contributed by atoms with Gasteiger partial charge in [-0.15, -0.1) is 0 Å². The third-order valence-electron chi connectivity index (χ3n) is 7.24. The molecule has 6 aliphatic rings. The van der Waals surface area contributed by atoms with Gasteiger partial charge in [-0.3, -0.25) is 0 Å². The lowest BCUT2D eigenvalue weighted by molar-refractivity contribution is -0.269. The standard InChI is InChI=1S/C22H26O5/c23-20(16-4-2-1-3-5-16)24-12-17-18-19(26-18)21(25-17)27-22-9-13-6-14(10-22)8-15(7-13)11-22/h1-5,13-15,17-19,21H,6-12H2/t13?,14?,15?,17-,18-,19-,21?,22?/m1/s1. The Morgan fingerprint density at radius 3 is 2.30 bits per heavy atom. The van der Waals surface area contributed by atoms with E-state index in [1.807, 2.05) is 18.2 Å². The number of fused-ring (bicyclic) bond motifs is 1. The van der Waals surface area contributed by atoms with E-state index < -0.39 is 0 Å².